The number of rotatable bonds is 4. The van der Waals surface area contributed by atoms with Gasteiger partial charge in [0.1, 0.15) is 5.76 Å². The van der Waals surface area contributed by atoms with Crippen LogP contribution in [0.25, 0.3) is 5.76 Å². The van der Waals surface area contributed by atoms with E-state index in [0.29, 0.717) is 29.0 Å². The van der Waals surface area contributed by atoms with Crippen molar-refractivity contribution in [3.05, 3.63) is 41.0 Å². The van der Waals surface area contributed by atoms with E-state index in [9.17, 15) is 9.90 Å². The summed E-state index contributed by atoms with van der Waals surface area (Å²) in [5.41, 5.74) is 2.09. The fourth-order valence-electron chi connectivity index (χ4n) is 2.10. The van der Waals surface area contributed by atoms with E-state index in [1.54, 1.807) is 25.1 Å². The van der Waals surface area contributed by atoms with Gasteiger partial charge in [-0.1, -0.05) is 24.3 Å². The number of aliphatic hydroxyl groups excluding tert-OH is 1. The molecule has 1 aromatic carbocycles. The van der Waals surface area contributed by atoms with Gasteiger partial charge in [0, 0.05) is 23.4 Å². The fourth-order valence-corrected chi connectivity index (χ4v) is 2.10. The summed E-state index contributed by atoms with van der Waals surface area (Å²) in [5, 5.41) is 10.2. The molecule has 2 rings (SSSR count). The van der Waals surface area contributed by atoms with Gasteiger partial charge in [0.25, 0.3) is 0 Å². The first kappa shape index (κ1) is 13.5. The molecule has 0 aliphatic heterocycles. The lowest BCUT2D eigenvalue weighted by molar-refractivity contribution is 0.104. The number of carbonyl (C=O) groups is 1. The van der Waals surface area contributed by atoms with Crippen molar-refractivity contribution in [3.63, 3.8) is 0 Å². The van der Waals surface area contributed by atoms with Gasteiger partial charge in [0.2, 0.25) is 0 Å². The summed E-state index contributed by atoms with van der Waals surface area (Å²) in [6, 6.07) is 7.09. The number of likely N-dealkylation sites (N-methyl/N-ethyl adjacent to an activating group) is 1. The lowest BCUT2D eigenvalue weighted by Crippen LogP contribution is -2.17. The largest absolute Gasteiger partial charge is 0.506 e. The van der Waals surface area contributed by atoms with Crippen molar-refractivity contribution in [3.8, 4) is 0 Å². The van der Waals surface area contributed by atoms with E-state index in [1.165, 1.54) is 0 Å². The molecule has 0 amide bonds. The van der Waals surface area contributed by atoms with Crippen LogP contribution in [0.1, 0.15) is 22.8 Å². The number of nitrogens with zero attached hydrogens (tertiary/aromatic N) is 2. The lowest BCUT2D eigenvalue weighted by Gasteiger charge is -2.07. The van der Waals surface area contributed by atoms with Crippen molar-refractivity contribution < 1.29 is 9.90 Å². The van der Waals surface area contributed by atoms with E-state index in [0.717, 1.165) is 6.54 Å². The van der Waals surface area contributed by atoms with E-state index in [1.807, 2.05) is 25.1 Å². The molecule has 1 aliphatic rings. The molecule has 0 atom stereocenters. The zero-order valence-electron chi connectivity index (χ0n) is 11.5. The van der Waals surface area contributed by atoms with Crippen molar-refractivity contribution in [1.29, 1.82) is 0 Å². The second-order valence-corrected chi connectivity index (χ2v) is 4.87. The Labute approximate surface area is 113 Å². The zero-order chi connectivity index (χ0) is 14.0. The number of fused-ring (bicyclic) bond motifs is 1. The van der Waals surface area contributed by atoms with Crippen LogP contribution in [0.4, 0.5) is 0 Å². The molecule has 100 valence electrons. The number of benzene rings is 1. The van der Waals surface area contributed by atoms with Crippen LogP contribution < -0.4 is 0 Å². The molecule has 0 unspecified atom stereocenters. The van der Waals surface area contributed by atoms with Crippen LogP contribution in [0.3, 0.4) is 0 Å². The third-order valence-electron chi connectivity index (χ3n) is 3.15. The molecule has 1 aliphatic carbocycles. The minimum absolute atomic E-state index is 0.0479. The average Bonchev–Trinajstić information content (AvgIpc) is 2.62. The molecule has 0 heterocycles. The Morgan fingerprint density at radius 3 is 2.47 bits per heavy atom. The van der Waals surface area contributed by atoms with Crippen LogP contribution in [0, 0.1) is 0 Å². The monoisotopic (exact) mass is 258 g/mol. The quantitative estimate of drug-likeness (QED) is 0.842. The molecule has 0 fully saturated rings. The molecule has 19 heavy (non-hydrogen) atoms. The third kappa shape index (κ3) is 2.58. The van der Waals surface area contributed by atoms with Crippen molar-refractivity contribution in [2.45, 2.75) is 6.92 Å². The van der Waals surface area contributed by atoms with Gasteiger partial charge in [-0.2, -0.15) is 0 Å². The van der Waals surface area contributed by atoms with E-state index in [2.05, 4.69) is 4.99 Å². The fraction of sp³-hybridized carbons (Fsp3) is 0.333. The Bertz CT molecular complexity index is 571. The predicted molar refractivity (Wildman–Crippen MR) is 76.9 cm³/mol. The van der Waals surface area contributed by atoms with Crippen LogP contribution >= 0.6 is 0 Å². The smallest absolute Gasteiger partial charge is 0.199 e. The summed E-state index contributed by atoms with van der Waals surface area (Å²) in [4.78, 5) is 18.6. The predicted octanol–water partition coefficient (Wildman–Crippen LogP) is 2.17. The Morgan fingerprint density at radius 2 is 1.89 bits per heavy atom. The molecule has 1 aromatic rings. The summed E-state index contributed by atoms with van der Waals surface area (Å²) in [7, 11) is 3.94. The number of hydrogen-bond acceptors (Lipinski definition) is 4. The third-order valence-corrected chi connectivity index (χ3v) is 3.15. The second-order valence-electron chi connectivity index (χ2n) is 4.87. The molecule has 0 saturated heterocycles. The number of aliphatic imine (C=N–C) groups is 1. The maximum atomic E-state index is 12.2. The minimum atomic E-state index is -0.140. The summed E-state index contributed by atoms with van der Waals surface area (Å²) in [6.07, 6.45) is 0. The lowest BCUT2D eigenvalue weighted by atomic mass is 10.1. The molecule has 0 radical (unpaired) electrons. The first-order valence-electron chi connectivity index (χ1n) is 6.26. The molecule has 0 bridgehead atoms. The van der Waals surface area contributed by atoms with Crippen molar-refractivity contribution >= 4 is 17.3 Å². The zero-order valence-corrected chi connectivity index (χ0v) is 11.5. The maximum absolute atomic E-state index is 12.2. The number of ketones is 1. The van der Waals surface area contributed by atoms with Crippen molar-refractivity contribution in [1.82, 2.24) is 4.90 Å². The van der Waals surface area contributed by atoms with Crippen molar-refractivity contribution in [2.75, 3.05) is 27.2 Å². The Kier molecular flexibility index (Phi) is 3.81. The highest BCUT2D eigenvalue weighted by atomic mass is 16.3. The van der Waals surface area contributed by atoms with Gasteiger partial charge in [0.15, 0.2) is 5.78 Å². The van der Waals surface area contributed by atoms with Gasteiger partial charge in [-0.05, 0) is 21.0 Å². The van der Waals surface area contributed by atoms with Crippen molar-refractivity contribution in [2.24, 2.45) is 4.99 Å². The highest BCUT2D eigenvalue weighted by Gasteiger charge is 2.30. The van der Waals surface area contributed by atoms with Gasteiger partial charge in [0.05, 0.1) is 12.1 Å². The molecule has 4 nitrogen and oxygen atoms in total. The Balaban J connectivity index is 2.27. The highest BCUT2D eigenvalue weighted by Crippen LogP contribution is 2.31. The first-order valence-corrected chi connectivity index (χ1v) is 6.26. The molecule has 0 saturated carbocycles. The van der Waals surface area contributed by atoms with Gasteiger partial charge in [-0.3, -0.25) is 9.79 Å². The summed E-state index contributed by atoms with van der Waals surface area (Å²) in [5.74, 6) is -0.0918. The molecule has 0 aromatic heterocycles. The van der Waals surface area contributed by atoms with Crippen LogP contribution in [0.15, 0.2) is 34.8 Å². The number of carbonyl (C=O) groups excluding carboxylic acids is 1. The van der Waals surface area contributed by atoms with E-state index >= 15 is 0 Å². The highest BCUT2D eigenvalue weighted by molar-refractivity contribution is 6.35. The van der Waals surface area contributed by atoms with E-state index < -0.39 is 0 Å². The average molecular weight is 258 g/mol. The molecular formula is C15H18N2O2. The summed E-state index contributed by atoms with van der Waals surface area (Å²) >= 11 is 0. The topological polar surface area (TPSA) is 52.9 Å². The maximum Gasteiger partial charge on any atom is 0.199 e. The van der Waals surface area contributed by atoms with E-state index in [4.69, 9.17) is 0 Å². The Morgan fingerprint density at radius 1 is 1.26 bits per heavy atom. The summed E-state index contributed by atoms with van der Waals surface area (Å²) < 4.78 is 0. The van der Waals surface area contributed by atoms with Crippen LogP contribution in [0.5, 0.6) is 0 Å². The first-order chi connectivity index (χ1) is 9.02. The normalized spacial score (nSPS) is 15.4. The van der Waals surface area contributed by atoms with Crippen LogP contribution in [-0.2, 0) is 0 Å². The number of aliphatic hydroxyl groups is 1. The van der Waals surface area contributed by atoms with Crippen LogP contribution in [0.2, 0.25) is 0 Å². The van der Waals surface area contributed by atoms with Crippen LogP contribution in [-0.4, -0.2) is 48.7 Å². The SMILES string of the molecule is CC(=NCCN(C)C)C1=C(O)c2ccccc2C1=O. The van der Waals surface area contributed by atoms with E-state index in [-0.39, 0.29) is 11.5 Å². The van der Waals surface area contributed by atoms with Gasteiger partial charge < -0.3 is 10.0 Å². The molecule has 0 spiro atoms. The minimum Gasteiger partial charge on any atom is -0.506 e. The number of Topliss-reactive ketones (excluding diaryl/α,β-unsaturated/α-hetero) is 1. The second kappa shape index (κ2) is 5.36. The van der Waals surface area contributed by atoms with Gasteiger partial charge in [-0.15, -0.1) is 0 Å². The Hall–Kier alpha value is -1.94. The van der Waals surface area contributed by atoms with Gasteiger partial charge >= 0.3 is 0 Å². The number of allylic oxidation sites excluding steroid dienone is 1. The molecule has 4 heteroatoms. The summed E-state index contributed by atoms with van der Waals surface area (Å²) in [6.45, 7) is 3.19. The molecule has 1 N–H and O–H groups in total. The standard InChI is InChI=1S/C15H18N2O2/c1-10(16-8-9-17(2)3)13-14(18)11-6-4-5-7-12(11)15(13)19/h4-7,18H,8-9H2,1-3H3. The van der Waals surface area contributed by atoms with Gasteiger partial charge in [-0.25, -0.2) is 0 Å². The number of hydrogen-bond donors (Lipinski definition) is 1. The molecular weight excluding hydrogens is 240 g/mol.